The lowest BCUT2D eigenvalue weighted by molar-refractivity contribution is 0.0648. The highest BCUT2D eigenvalue weighted by Crippen LogP contribution is 2.46. The Balaban J connectivity index is 1.52. The SMILES string of the molecule is CCCCn1cnc(SSc2ncn(CCCC)c2C2CCC(OC)CC2)c1C1CCC(OC)CC1. The highest BCUT2D eigenvalue weighted by atomic mass is 33.1. The molecule has 0 radical (unpaired) electrons. The Kier molecular flexibility index (Phi) is 11.1. The molecule has 0 aliphatic heterocycles. The van der Waals surface area contributed by atoms with Gasteiger partial charge in [0.25, 0.3) is 0 Å². The molecule has 0 atom stereocenters. The fraction of sp³-hybridized carbons (Fsp3) is 0.786. The molecular formula is C28H46N4O2S2. The lowest BCUT2D eigenvalue weighted by Crippen LogP contribution is -2.21. The number of ether oxygens (including phenoxy) is 2. The molecule has 0 N–H and O–H groups in total. The van der Waals surface area contributed by atoms with E-state index >= 15 is 0 Å². The predicted octanol–water partition coefficient (Wildman–Crippen LogP) is 7.82. The van der Waals surface area contributed by atoms with Gasteiger partial charge in [0.05, 0.1) is 36.3 Å². The molecule has 0 spiro atoms. The molecule has 2 saturated carbocycles. The number of aromatic nitrogens is 4. The van der Waals surface area contributed by atoms with E-state index in [2.05, 4.69) is 35.6 Å². The second kappa shape index (κ2) is 14.3. The van der Waals surface area contributed by atoms with Gasteiger partial charge in [0.1, 0.15) is 10.1 Å². The van der Waals surface area contributed by atoms with E-state index < -0.39 is 0 Å². The van der Waals surface area contributed by atoms with Crippen molar-refractivity contribution in [2.24, 2.45) is 0 Å². The Labute approximate surface area is 226 Å². The Hall–Kier alpha value is -0.960. The Morgan fingerprint density at radius 3 is 1.42 bits per heavy atom. The van der Waals surface area contributed by atoms with Gasteiger partial charge < -0.3 is 18.6 Å². The highest BCUT2D eigenvalue weighted by molar-refractivity contribution is 8.76. The standard InChI is InChI=1S/C28H46N4O2S2/c1-5-7-17-31-19-29-27(25(31)21-9-13-23(33-3)14-10-21)35-36-28-26(32(20-30-28)18-8-6-2)22-11-15-24(34-4)16-12-22/h19-24H,5-18H2,1-4H3. The topological polar surface area (TPSA) is 54.1 Å². The number of rotatable bonds is 13. The van der Waals surface area contributed by atoms with Gasteiger partial charge in [-0.3, -0.25) is 0 Å². The maximum Gasteiger partial charge on any atom is 0.128 e. The molecule has 0 amide bonds. The van der Waals surface area contributed by atoms with Gasteiger partial charge in [-0.1, -0.05) is 26.7 Å². The van der Waals surface area contributed by atoms with Gasteiger partial charge in [-0.25, -0.2) is 9.97 Å². The summed E-state index contributed by atoms with van der Waals surface area (Å²) in [6.07, 6.45) is 19.2. The summed E-state index contributed by atoms with van der Waals surface area (Å²) in [5.74, 6) is 1.15. The number of aryl methyl sites for hydroxylation is 2. The van der Waals surface area contributed by atoms with Crippen molar-refractivity contribution in [2.45, 2.75) is 138 Å². The number of hydrogen-bond donors (Lipinski definition) is 0. The summed E-state index contributed by atoms with van der Waals surface area (Å²) in [4.78, 5) is 9.88. The summed E-state index contributed by atoms with van der Waals surface area (Å²) in [6.45, 7) is 6.66. The van der Waals surface area contributed by atoms with Crippen LogP contribution in [0.3, 0.4) is 0 Å². The normalized spacial score (nSPS) is 24.9. The average molecular weight is 535 g/mol. The lowest BCUT2D eigenvalue weighted by Gasteiger charge is -2.29. The van der Waals surface area contributed by atoms with E-state index in [1.807, 2.05) is 35.8 Å². The first-order valence-corrected chi connectivity index (χ1v) is 16.3. The van der Waals surface area contributed by atoms with E-state index in [1.165, 1.54) is 72.8 Å². The first-order valence-electron chi connectivity index (χ1n) is 14.2. The zero-order valence-electron chi connectivity index (χ0n) is 22.8. The number of imidazole rings is 2. The van der Waals surface area contributed by atoms with Gasteiger partial charge >= 0.3 is 0 Å². The van der Waals surface area contributed by atoms with Crippen LogP contribution in [0.15, 0.2) is 22.7 Å². The number of methoxy groups -OCH3 is 2. The molecule has 2 aliphatic carbocycles. The smallest absolute Gasteiger partial charge is 0.128 e. The third kappa shape index (κ3) is 6.91. The average Bonchev–Trinajstić information content (AvgIpc) is 3.53. The lowest BCUT2D eigenvalue weighted by atomic mass is 9.85. The van der Waals surface area contributed by atoms with Gasteiger partial charge in [-0.05, 0) is 85.8 Å². The van der Waals surface area contributed by atoms with Crippen LogP contribution in [0.1, 0.15) is 114 Å². The van der Waals surface area contributed by atoms with E-state index in [9.17, 15) is 0 Å². The van der Waals surface area contributed by atoms with Gasteiger partial charge in [0.15, 0.2) is 0 Å². The van der Waals surface area contributed by atoms with Crippen LogP contribution in [-0.4, -0.2) is 45.5 Å². The molecule has 2 heterocycles. The number of nitrogens with zero attached hydrogens (tertiary/aromatic N) is 4. The van der Waals surface area contributed by atoms with Crippen LogP contribution in [0.4, 0.5) is 0 Å². The quantitative estimate of drug-likeness (QED) is 0.244. The van der Waals surface area contributed by atoms with Crippen molar-refractivity contribution < 1.29 is 9.47 Å². The number of hydrogen-bond acceptors (Lipinski definition) is 6. The van der Waals surface area contributed by atoms with E-state index in [-0.39, 0.29) is 0 Å². The minimum Gasteiger partial charge on any atom is -0.381 e. The molecule has 8 heteroatoms. The zero-order chi connectivity index (χ0) is 25.3. The van der Waals surface area contributed by atoms with Gasteiger partial charge in [-0.2, -0.15) is 0 Å². The summed E-state index contributed by atoms with van der Waals surface area (Å²) >= 11 is 0. The molecule has 0 aromatic carbocycles. The summed E-state index contributed by atoms with van der Waals surface area (Å²) in [6, 6.07) is 0. The highest BCUT2D eigenvalue weighted by Gasteiger charge is 2.30. The van der Waals surface area contributed by atoms with Crippen molar-refractivity contribution in [1.29, 1.82) is 0 Å². The molecule has 0 bridgehead atoms. The number of unbranched alkanes of at least 4 members (excludes halogenated alkanes) is 2. The molecule has 2 aromatic heterocycles. The second-order valence-electron chi connectivity index (χ2n) is 10.5. The van der Waals surface area contributed by atoms with Crippen molar-refractivity contribution in [3.05, 3.63) is 24.0 Å². The van der Waals surface area contributed by atoms with Gasteiger partial charge in [0, 0.05) is 39.1 Å². The first kappa shape index (κ1) is 28.1. The molecule has 2 aromatic rings. The minimum absolute atomic E-state index is 0.418. The van der Waals surface area contributed by atoms with Crippen LogP contribution in [0.5, 0.6) is 0 Å². The second-order valence-corrected chi connectivity index (χ2v) is 12.7. The fourth-order valence-corrected chi connectivity index (χ4v) is 8.25. The van der Waals surface area contributed by atoms with Crippen molar-refractivity contribution in [2.75, 3.05) is 14.2 Å². The molecule has 2 aliphatic rings. The first-order chi connectivity index (χ1) is 17.7. The van der Waals surface area contributed by atoms with E-state index in [4.69, 9.17) is 19.4 Å². The zero-order valence-corrected chi connectivity index (χ0v) is 24.4. The van der Waals surface area contributed by atoms with Crippen LogP contribution < -0.4 is 0 Å². The van der Waals surface area contributed by atoms with Crippen LogP contribution in [-0.2, 0) is 22.6 Å². The monoisotopic (exact) mass is 534 g/mol. The molecule has 2 fully saturated rings. The van der Waals surface area contributed by atoms with Crippen LogP contribution >= 0.6 is 21.6 Å². The molecule has 4 rings (SSSR count). The largest absolute Gasteiger partial charge is 0.381 e. The molecule has 0 unspecified atom stereocenters. The summed E-state index contributed by atoms with van der Waals surface area (Å²) < 4.78 is 16.2. The maximum absolute atomic E-state index is 5.65. The van der Waals surface area contributed by atoms with E-state index in [0.29, 0.717) is 24.0 Å². The third-order valence-electron chi connectivity index (χ3n) is 8.18. The van der Waals surface area contributed by atoms with Gasteiger partial charge in [0.2, 0.25) is 0 Å². The minimum atomic E-state index is 0.418. The predicted molar refractivity (Wildman–Crippen MR) is 150 cm³/mol. The Morgan fingerprint density at radius 2 is 1.08 bits per heavy atom. The third-order valence-corrected chi connectivity index (χ3v) is 10.4. The van der Waals surface area contributed by atoms with Crippen molar-refractivity contribution in [3.8, 4) is 0 Å². The van der Waals surface area contributed by atoms with Crippen LogP contribution in [0.2, 0.25) is 0 Å². The van der Waals surface area contributed by atoms with E-state index in [0.717, 1.165) is 38.8 Å². The van der Waals surface area contributed by atoms with Crippen LogP contribution in [0, 0.1) is 0 Å². The summed E-state index contributed by atoms with van der Waals surface area (Å²) in [5, 5.41) is 2.38. The molecule has 36 heavy (non-hydrogen) atoms. The van der Waals surface area contributed by atoms with E-state index in [1.54, 1.807) is 0 Å². The summed E-state index contributed by atoms with van der Waals surface area (Å²) in [7, 11) is 7.37. The molecule has 6 nitrogen and oxygen atoms in total. The fourth-order valence-electron chi connectivity index (χ4n) is 5.93. The van der Waals surface area contributed by atoms with Crippen molar-refractivity contribution in [3.63, 3.8) is 0 Å². The van der Waals surface area contributed by atoms with Crippen molar-refractivity contribution >= 4 is 21.6 Å². The molecule has 202 valence electrons. The van der Waals surface area contributed by atoms with Crippen molar-refractivity contribution in [1.82, 2.24) is 19.1 Å². The summed E-state index contributed by atoms with van der Waals surface area (Å²) in [5.41, 5.74) is 2.89. The molecular weight excluding hydrogens is 488 g/mol. The maximum atomic E-state index is 5.65. The Morgan fingerprint density at radius 1 is 0.694 bits per heavy atom. The Bertz CT molecular complexity index is 841. The van der Waals surface area contributed by atoms with Crippen LogP contribution in [0.25, 0.3) is 0 Å². The van der Waals surface area contributed by atoms with Gasteiger partial charge in [-0.15, -0.1) is 0 Å². The molecule has 0 saturated heterocycles.